The van der Waals surface area contributed by atoms with E-state index in [9.17, 15) is 0 Å². The van der Waals surface area contributed by atoms with Crippen LogP contribution in [0.2, 0.25) is 0 Å². The monoisotopic (exact) mass is 306 g/mol. The molecule has 0 unspecified atom stereocenters. The van der Waals surface area contributed by atoms with Crippen LogP contribution in [-0.2, 0) is 13.0 Å². The highest BCUT2D eigenvalue weighted by Gasteiger charge is 2.27. The minimum Gasteiger partial charge on any atom is -0.311 e. The van der Waals surface area contributed by atoms with Gasteiger partial charge in [-0.15, -0.1) is 11.6 Å². The molecule has 1 aliphatic carbocycles. The average molecular weight is 307 g/mol. The van der Waals surface area contributed by atoms with Crippen LogP contribution < -0.4 is 0 Å². The lowest BCUT2D eigenvalue weighted by molar-refractivity contribution is 0.266. The maximum absolute atomic E-state index is 5.94. The van der Waals surface area contributed by atoms with Crippen LogP contribution in [0, 0.1) is 6.92 Å². The average Bonchev–Trinajstić information content (AvgIpc) is 3.25. The van der Waals surface area contributed by atoms with Crippen molar-refractivity contribution < 1.29 is 0 Å². The number of aryl methyl sites for hydroxylation is 2. The SMILES string of the molecule is CCN(CCn1c(CCCl)nc2c(C)ccnc21)C1CC1. The van der Waals surface area contributed by atoms with Gasteiger partial charge in [-0.3, -0.25) is 4.90 Å². The first-order valence-electron chi connectivity index (χ1n) is 7.85. The lowest BCUT2D eigenvalue weighted by atomic mass is 10.3. The number of hydrogen-bond acceptors (Lipinski definition) is 3. The van der Waals surface area contributed by atoms with E-state index in [1.54, 1.807) is 0 Å². The van der Waals surface area contributed by atoms with E-state index in [1.165, 1.54) is 18.4 Å². The summed E-state index contributed by atoms with van der Waals surface area (Å²) in [5.74, 6) is 1.66. The molecule has 4 nitrogen and oxygen atoms in total. The molecule has 0 aliphatic heterocycles. The Labute approximate surface area is 131 Å². The van der Waals surface area contributed by atoms with Crippen molar-refractivity contribution in [2.45, 2.75) is 45.7 Å². The van der Waals surface area contributed by atoms with Gasteiger partial charge in [0.15, 0.2) is 5.65 Å². The fourth-order valence-electron chi connectivity index (χ4n) is 2.96. The quantitative estimate of drug-likeness (QED) is 0.737. The summed E-state index contributed by atoms with van der Waals surface area (Å²) in [5.41, 5.74) is 3.21. The first-order valence-corrected chi connectivity index (χ1v) is 8.38. The Bertz CT molecular complexity index is 618. The molecule has 2 aromatic heterocycles. The summed E-state index contributed by atoms with van der Waals surface area (Å²) in [4.78, 5) is 11.9. The van der Waals surface area contributed by atoms with Crippen molar-refractivity contribution in [2.75, 3.05) is 19.0 Å². The van der Waals surface area contributed by atoms with Crippen molar-refractivity contribution in [3.63, 3.8) is 0 Å². The van der Waals surface area contributed by atoms with Gasteiger partial charge in [0.2, 0.25) is 0 Å². The third-order valence-corrected chi connectivity index (χ3v) is 4.50. The van der Waals surface area contributed by atoms with E-state index >= 15 is 0 Å². The summed E-state index contributed by atoms with van der Waals surface area (Å²) in [6.45, 7) is 7.47. The summed E-state index contributed by atoms with van der Waals surface area (Å²) >= 11 is 5.94. The summed E-state index contributed by atoms with van der Waals surface area (Å²) in [5, 5.41) is 0. The summed E-state index contributed by atoms with van der Waals surface area (Å²) in [6, 6.07) is 2.82. The van der Waals surface area contributed by atoms with Crippen molar-refractivity contribution in [1.82, 2.24) is 19.4 Å². The van der Waals surface area contributed by atoms with Gasteiger partial charge in [-0.05, 0) is 37.9 Å². The van der Waals surface area contributed by atoms with Crippen molar-refractivity contribution >= 4 is 22.8 Å². The molecule has 1 saturated carbocycles. The fraction of sp³-hybridized carbons (Fsp3) is 0.625. The molecule has 0 aromatic carbocycles. The van der Waals surface area contributed by atoms with Crippen molar-refractivity contribution in [2.24, 2.45) is 0 Å². The standard InChI is InChI=1S/C16H23ClN4/c1-3-20(13-4-5-13)10-11-21-14(6-8-17)19-15-12(2)7-9-18-16(15)21/h7,9,13H,3-6,8,10-11H2,1-2H3. The highest BCUT2D eigenvalue weighted by atomic mass is 35.5. The summed E-state index contributed by atoms with van der Waals surface area (Å²) < 4.78 is 2.26. The Kier molecular flexibility index (Phi) is 4.45. The second kappa shape index (κ2) is 6.32. The lowest BCUT2D eigenvalue weighted by Gasteiger charge is -2.20. The molecule has 21 heavy (non-hydrogen) atoms. The number of rotatable bonds is 7. The van der Waals surface area contributed by atoms with Crippen LogP contribution in [0.15, 0.2) is 12.3 Å². The number of imidazole rings is 1. The second-order valence-electron chi connectivity index (χ2n) is 5.78. The molecule has 1 fully saturated rings. The first kappa shape index (κ1) is 14.8. The zero-order valence-electron chi connectivity index (χ0n) is 12.8. The maximum atomic E-state index is 5.94. The number of nitrogens with zero attached hydrogens (tertiary/aromatic N) is 4. The fourth-order valence-corrected chi connectivity index (χ4v) is 3.13. The van der Waals surface area contributed by atoms with Gasteiger partial charge in [-0.25, -0.2) is 9.97 Å². The van der Waals surface area contributed by atoms with E-state index in [0.29, 0.717) is 5.88 Å². The first-order chi connectivity index (χ1) is 10.2. The Hall–Kier alpha value is -1.13. The van der Waals surface area contributed by atoms with Gasteiger partial charge in [0.1, 0.15) is 11.3 Å². The molecule has 0 spiro atoms. The zero-order chi connectivity index (χ0) is 14.8. The summed E-state index contributed by atoms with van der Waals surface area (Å²) in [6.07, 6.45) is 5.38. The smallest absolute Gasteiger partial charge is 0.160 e. The molecule has 5 heteroatoms. The molecule has 3 rings (SSSR count). The molecule has 0 N–H and O–H groups in total. The van der Waals surface area contributed by atoms with Gasteiger partial charge in [-0.2, -0.15) is 0 Å². The summed E-state index contributed by atoms with van der Waals surface area (Å²) in [7, 11) is 0. The number of pyridine rings is 1. The molecular weight excluding hydrogens is 284 g/mol. The third kappa shape index (κ3) is 3.06. The van der Waals surface area contributed by atoms with Crippen LogP contribution in [-0.4, -0.2) is 44.4 Å². The van der Waals surface area contributed by atoms with Gasteiger partial charge in [0.25, 0.3) is 0 Å². The molecule has 0 amide bonds. The number of alkyl halides is 1. The molecule has 2 heterocycles. The predicted octanol–water partition coefficient (Wildman–Crippen LogP) is 3.01. The van der Waals surface area contributed by atoms with Crippen molar-refractivity contribution in [3.8, 4) is 0 Å². The Balaban J connectivity index is 1.87. The number of aromatic nitrogens is 3. The van der Waals surface area contributed by atoms with Gasteiger partial charge in [-0.1, -0.05) is 6.92 Å². The highest BCUT2D eigenvalue weighted by Crippen LogP contribution is 2.26. The molecule has 114 valence electrons. The number of halogens is 1. The maximum Gasteiger partial charge on any atom is 0.160 e. The van der Waals surface area contributed by atoms with Crippen LogP contribution in [0.4, 0.5) is 0 Å². The third-order valence-electron chi connectivity index (χ3n) is 4.31. The molecule has 0 saturated heterocycles. The number of fused-ring (bicyclic) bond motifs is 1. The van der Waals surface area contributed by atoms with Crippen LogP contribution >= 0.6 is 11.6 Å². The van der Waals surface area contributed by atoms with Gasteiger partial charge < -0.3 is 4.57 Å². The molecule has 0 atom stereocenters. The molecular formula is C16H23ClN4. The van der Waals surface area contributed by atoms with E-state index < -0.39 is 0 Å². The lowest BCUT2D eigenvalue weighted by Crippen LogP contribution is -2.29. The zero-order valence-corrected chi connectivity index (χ0v) is 13.6. The molecule has 2 aromatic rings. The van der Waals surface area contributed by atoms with Crippen LogP contribution in [0.25, 0.3) is 11.2 Å². The van der Waals surface area contributed by atoms with E-state index in [2.05, 4.69) is 28.3 Å². The topological polar surface area (TPSA) is 34.0 Å². The molecule has 1 aliphatic rings. The Morgan fingerprint density at radius 3 is 2.90 bits per heavy atom. The van der Waals surface area contributed by atoms with Gasteiger partial charge in [0, 0.05) is 37.6 Å². The van der Waals surface area contributed by atoms with Crippen LogP contribution in [0.5, 0.6) is 0 Å². The van der Waals surface area contributed by atoms with Gasteiger partial charge >= 0.3 is 0 Å². The largest absolute Gasteiger partial charge is 0.311 e. The van der Waals surface area contributed by atoms with E-state index in [-0.39, 0.29) is 0 Å². The van der Waals surface area contributed by atoms with Crippen LogP contribution in [0.3, 0.4) is 0 Å². The van der Waals surface area contributed by atoms with Crippen molar-refractivity contribution in [3.05, 3.63) is 23.7 Å². The van der Waals surface area contributed by atoms with E-state index in [0.717, 1.165) is 49.1 Å². The molecule has 0 bridgehead atoms. The Morgan fingerprint density at radius 1 is 1.43 bits per heavy atom. The van der Waals surface area contributed by atoms with E-state index in [1.807, 2.05) is 12.3 Å². The number of likely N-dealkylation sites (N-methyl/N-ethyl adjacent to an activating group) is 1. The van der Waals surface area contributed by atoms with Crippen molar-refractivity contribution in [1.29, 1.82) is 0 Å². The highest BCUT2D eigenvalue weighted by molar-refractivity contribution is 6.17. The van der Waals surface area contributed by atoms with Crippen LogP contribution in [0.1, 0.15) is 31.2 Å². The minimum atomic E-state index is 0.600. The molecule has 0 radical (unpaired) electrons. The van der Waals surface area contributed by atoms with E-state index in [4.69, 9.17) is 16.6 Å². The van der Waals surface area contributed by atoms with Gasteiger partial charge in [0.05, 0.1) is 0 Å². The second-order valence-corrected chi connectivity index (χ2v) is 6.16. The minimum absolute atomic E-state index is 0.600. The number of hydrogen-bond donors (Lipinski definition) is 0. The normalized spacial score (nSPS) is 15.2. The Morgan fingerprint density at radius 2 is 2.24 bits per heavy atom. The predicted molar refractivity (Wildman–Crippen MR) is 87.0 cm³/mol.